The highest BCUT2D eigenvalue weighted by molar-refractivity contribution is 8.26. The number of carboxylic acids is 1. The third-order valence-corrected chi connectivity index (χ3v) is 5.66. The molecule has 0 aromatic heterocycles. The van der Waals surface area contributed by atoms with E-state index in [1.807, 2.05) is 0 Å². The van der Waals surface area contributed by atoms with E-state index in [1.165, 1.54) is 11.8 Å². The average Bonchev–Trinajstić information content (AvgIpc) is 2.83. The maximum atomic E-state index is 12.5. The molecule has 10 heteroatoms. The van der Waals surface area contributed by atoms with Crippen molar-refractivity contribution in [2.45, 2.75) is 19.4 Å². The predicted molar refractivity (Wildman–Crippen MR) is 106 cm³/mol. The zero-order chi connectivity index (χ0) is 19.4. The molecule has 26 heavy (non-hydrogen) atoms. The van der Waals surface area contributed by atoms with E-state index in [0.717, 1.165) is 11.8 Å². The number of amides is 2. The van der Waals surface area contributed by atoms with Gasteiger partial charge in [-0.2, -0.15) is 0 Å². The summed E-state index contributed by atoms with van der Waals surface area (Å²) in [6, 6.07) is 4.08. The van der Waals surface area contributed by atoms with Crippen molar-refractivity contribution in [3.63, 3.8) is 0 Å². The van der Waals surface area contributed by atoms with Crippen molar-refractivity contribution in [2.75, 3.05) is 6.54 Å². The molecule has 138 valence electrons. The third kappa shape index (κ3) is 4.97. The molecule has 1 heterocycles. The zero-order valence-corrected chi connectivity index (χ0v) is 16.6. The Bertz CT molecular complexity index is 813. The SMILES string of the molecule is CC(NC(=O)CCN1C(=O)/C(=C/c2cccc(Cl)c2Cl)SC1=S)C(=O)O. The Labute approximate surface area is 169 Å². The molecule has 0 radical (unpaired) electrons. The zero-order valence-electron chi connectivity index (χ0n) is 13.5. The molecule has 1 aromatic carbocycles. The van der Waals surface area contributed by atoms with E-state index in [-0.39, 0.29) is 18.9 Å². The number of thioether (sulfide) groups is 1. The van der Waals surface area contributed by atoms with Gasteiger partial charge in [-0.1, -0.05) is 59.3 Å². The lowest BCUT2D eigenvalue weighted by atomic mass is 10.2. The van der Waals surface area contributed by atoms with Crippen molar-refractivity contribution in [2.24, 2.45) is 0 Å². The highest BCUT2D eigenvalue weighted by atomic mass is 35.5. The van der Waals surface area contributed by atoms with Crippen LogP contribution in [-0.4, -0.2) is 44.7 Å². The average molecular weight is 433 g/mol. The molecule has 1 aliphatic rings. The van der Waals surface area contributed by atoms with Crippen LogP contribution in [-0.2, 0) is 14.4 Å². The Kier molecular flexibility index (Phi) is 7.05. The summed E-state index contributed by atoms with van der Waals surface area (Å²) in [7, 11) is 0. The Morgan fingerprint density at radius 2 is 2.12 bits per heavy atom. The van der Waals surface area contributed by atoms with Crippen LogP contribution in [0.5, 0.6) is 0 Å². The maximum Gasteiger partial charge on any atom is 0.325 e. The summed E-state index contributed by atoms with van der Waals surface area (Å²) in [5, 5.41) is 11.8. The summed E-state index contributed by atoms with van der Waals surface area (Å²) < 4.78 is 0.318. The number of nitrogens with zero attached hydrogens (tertiary/aromatic N) is 1. The highest BCUT2D eigenvalue weighted by Gasteiger charge is 2.32. The van der Waals surface area contributed by atoms with Crippen LogP contribution in [0.25, 0.3) is 6.08 Å². The van der Waals surface area contributed by atoms with Crippen molar-refractivity contribution in [1.82, 2.24) is 10.2 Å². The van der Waals surface area contributed by atoms with Crippen molar-refractivity contribution < 1.29 is 19.5 Å². The molecule has 6 nitrogen and oxygen atoms in total. The number of carbonyl (C=O) groups excluding carboxylic acids is 2. The first-order valence-corrected chi connectivity index (χ1v) is 9.40. The van der Waals surface area contributed by atoms with E-state index in [2.05, 4.69) is 5.32 Å². The van der Waals surface area contributed by atoms with Crippen LogP contribution in [0, 0.1) is 0 Å². The maximum absolute atomic E-state index is 12.5. The fourth-order valence-electron chi connectivity index (χ4n) is 2.05. The van der Waals surface area contributed by atoms with E-state index < -0.39 is 17.9 Å². The molecular weight excluding hydrogens is 419 g/mol. The van der Waals surface area contributed by atoms with Crippen LogP contribution in [0.15, 0.2) is 23.1 Å². The second kappa shape index (κ2) is 8.85. The summed E-state index contributed by atoms with van der Waals surface area (Å²) in [4.78, 5) is 36.7. The second-order valence-electron chi connectivity index (χ2n) is 5.35. The first-order valence-electron chi connectivity index (χ1n) is 7.42. The number of hydrogen-bond donors (Lipinski definition) is 2. The standard InChI is InChI=1S/C16H14Cl2N2O4S2/c1-8(15(23)24)19-12(21)5-6-20-14(22)11(26-16(20)25)7-9-3-2-4-10(17)13(9)18/h2-4,7-8H,5-6H2,1H3,(H,19,21)(H,23,24)/b11-7-. The molecule has 2 amide bonds. The van der Waals surface area contributed by atoms with Crippen LogP contribution in [0.1, 0.15) is 18.9 Å². The van der Waals surface area contributed by atoms with E-state index in [1.54, 1.807) is 24.3 Å². The summed E-state index contributed by atoms with van der Waals surface area (Å²) in [5.41, 5.74) is 0.590. The highest BCUT2D eigenvalue weighted by Crippen LogP contribution is 2.35. The molecule has 1 fully saturated rings. The Morgan fingerprint density at radius 3 is 2.77 bits per heavy atom. The first-order chi connectivity index (χ1) is 12.2. The van der Waals surface area contributed by atoms with Gasteiger partial charge in [0.1, 0.15) is 10.4 Å². The smallest absolute Gasteiger partial charge is 0.325 e. The molecule has 0 spiro atoms. The van der Waals surface area contributed by atoms with E-state index in [4.69, 9.17) is 40.5 Å². The van der Waals surface area contributed by atoms with Gasteiger partial charge in [0.15, 0.2) is 0 Å². The topological polar surface area (TPSA) is 86.7 Å². The monoisotopic (exact) mass is 432 g/mol. The van der Waals surface area contributed by atoms with Gasteiger partial charge in [-0.3, -0.25) is 19.3 Å². The molecule has 0 saturated carbocycles. The molecule has 1 aromatic rings. The van der Waals surface area contributed by atoms with Crippen molar-refractivity contribution >= 4 is 75.4 Å². The minimum Gasteiger partial charge on any atom is -0.480 e. The molecule has 1 saturated heterocycles. The molecule has 0 aliphatic carbocycles. The summed E-state index contributed by atoms with van der Waals surface area (Å²) in [6.07, 6.45) is 1.54. The number of hydrogen-bond acceptors (Lipinski definition) is 5. The number of carbonyl (C=O) groups is 3. The number of aliphatic carboxylic acids is 1. The van der Waals surface area contributed by atoms with Gasteiger partial charge in [-0.05, 0) is 24.6 Å². The number of rotatable bonds is 6. The fraction of sp³-hybridized carbons (Fsp3) is 0.250. The van der Waals surface area contributed by atoms with Crippen LogP contribution >= 0.6 is 47.2 Å². The summed E-state index contributed by atoms with van der Waals surface area (Å²) in [5.74, 6) is -1.95. The molecule has 1 atom stereocenters. The van der Waals surface area contributed by atoms with Crippen LogP contribution in [0.2, 0.25) is 10.0 Å². The summed E-state index contributed by atoms with van der Waals surface area (Å²) in [6.45, 7) is 1.42. The van der Waals surface area contributed by atoms with E-state index in [9.17, 15) is 14.4 Å². The number of nitrogens with one attached hydrogen (secondary N) is 1. The van der Waals surface area contributed by atoms with Gasteiger partial charge in [0.05, 0.1) is 15.0 Å². The van der Waals surface area contributed by atoms with Crippen LogP contribution < -0.4 is 5.32 Å². The van der Waals surface area contributed by atoms with E-state index in [0.29, 0.717) is 24.8 Å². The second-order valence-corrected chi connectivity index (χ2v) is 7.81. The molecule has 2 N–H and O–H groups in total. The van der Waals surface area contributed by atoms with Gasteiger partial charge in [0.25, 0.3) is 5.91 Å². The number of thiocarbonyl (C=S) groups is 1. The third-order valence-electron chi connectivity index (χ3n) is 3.45. The normalized spacial score (nSPS) is 16.9. The van der Waals surface area contributed by atoms with Gasteiger partial charge in [0, 0.05) is 13.0 Å². The Balaban J connectivity index is 2.05. The first kappa shape index (κ1) is 20.7. The molecule has 2 rings (SSSR count). The van der Waals surface area contributed by atoms with Gasteiger partial charge in [-0.15, -0.1) is 0 Å². The van der Waals surface area contributed by atoms with Gasteiger partial charge < -0.3 is 10.4 Å². The number of benzene rings is 1. The summed E-state index contributed by atoms with van der Waals surface area (Å²) >= 11 is 18.4. The van der Waals surface area contributed by atoms with Crippen LogP contribution in [0.4, 0.5) is 0 Å². The Morgan fingerprint density at radius 1 is 1.42 bits per heavy atom. The lowest BCUT2D eigenvalue weighted by molar-refractivity contribution is -0.141. The van der Waals surface area contributed by atoms with Gasteiger partial charge in [-0.25, -0.2) is 0 Å². The van der Waals surface area contributed by atoms with Crippen LogP contribution in [0.3, 0.4) is 0 Å². The van der Waals surface area contributed by atoms with Crippen molar-refractivity contribution in [3.8, 4) is 0 Å². The van der Waals surface area contributed by atoms with Gasteiger partial charge >= 0.3 is 5.97 Å². The predicted octanol–water partition coefficient (Wildman–Crippen LogP) is 3.17. The largest absolute Gasteiger partial charge is 0.480 e. The lowest BCUT2D eigenvalue weighted by Gasteiger charge is -2.15. The number of carboxylic acid groups (broad SMARTS) is 1. The van der Waals surface area contributed by atoms with Crippen molar-refractivity contribution in [3.05, 3.63) is 38.7 Å². The molecule has 1 aliphatic heterocycles. The molecule has 1 unspecified atom stereocenters. The lowest BCUT2D eigenvalue weighted by Crippen LogP contribution is -2.40. The minimum absolute atomic E-state index is 0.0590. The van der Waals surface area contributed by atoms with E-state index >= 15 is 0 Å². The number of halogens is 2. The molecular formula is C16H14Cl2N2O4S2. The van der Waals surface area contributed by atoms with Gasteiger partial charge in [0.2, 0.25) is 5.91 Å². The Hall–Kier alpha value is -1.61. The quantitative estimate of drug-likeness (QED) is 0.530. The fourth-order valence-corrected chi connectivity index (χ4v) is 3.72. The minimum atomic E-state index is -1.13. The molecule has 0 bridgehead atoms. The van der Waals surface area contributed by atoms with Crippen molar-refractivity contribution in [1.29, 1.82) is 0 Å².